The van der Waals surface area contributed by atoms with Crippen LogP contribution in [0.1, 0.15) is 57.7 Å². The molecule has 2 aliphatic rings. The first kappa shape index (κ1) is 26.4. The van der Waals surface area contributed by atoms with Crippen molar-refractivity contribution in [3.63, 3.8) is 0 Å². The number of halogens is 2. The first-order valence-electron chi connectivity index (χ1n) is 11.0. The Bertz CT molecular complexity index is 1340. The molecule has 0 aromatic heterocycles. The molecule has 0 aliphatic heterocycles. The Morgan fingerprint density at radius 3 is 1.85 bits per heavy atom. The molecule has 34 heavy (non-hydrogen) atoms. The van der Waals surface area contributed by atoms with Crippen LogP contribution in [0.4, 0.5) is 0 Å². The van der Waals surface area contributed by atoms with Crippen LogP contribution in [-0.2, 0) is 26.2 Å². The van der Waals surface area contributed by atoms with Gasteiger partial charge in [-0.25, -0.2) is 0 Å². The summed E-state index contributed by atoms with van der Waals surface area (Å²) in [6.07, 6.45) is 6.21. The van der Waals surface area contributed by atoms with Crippen LogP contribution in [0.2, 0.25) is 0 Å². The van der Waals surface area contributed by atoms with Crippen LogP contribution in [-0.4, -0.2) is 0 Å². The maximum Gasteiger partial charge on any atom is 3.00 e. The summed E-state index contributed by atoms with van der Waals surface area (Å²) in [6.45, 7) is 2.31. The molecule has 2 atom stereocenters. The molecule has 6 rings (SSSR count). The van der Waals surface area contributed by atoms with Gasteiger partial charge < -0.3 is 24.8 Å². The van der Waals surface area contributed by atoms with Gasteiger partial charge in [-0.1, -0.05) is 110 Å². The number of hydrogen-bond acceptors (Lipinski definition) is 0. The first-order chi connectivity index (χ1) is 15.3. The third-order valence-corrected chi connectivity index (χ3v) is 6.72. The Morgan fingerprint density at radius 1 is 0.588 bits per heavy atom. The molecule has 2 unspecified atom stereocenters. The van der Waals surface area contributed by atoms with Crippen molar-refractivity contribution < 1.29 is 51.0 Å². The topological polar surface area (TPSA) is 0 Å². The van der Waals surface area contributed by atoms with Crippen LogP contribution >= 0.6 is 0 Å². The molecule has 1 radical (unpaired) electrons. The van der Waals surface area contributed by atoms with E-state index in [0.717, 1.165) is 0 Å². The van der Waals surface area contributed by atoms with Crippen LogP contribution in [0.3, 0.4) is 0 Å². The van der Waals surface area contributed by atoms with Gasteiger partial charge in [0.1, 0.15) is 0 Å². The number of rotatable bonds is 3. The average molecular weight is 558 g/mol. The minimum Gasteiger partial charge on any atom is -1.00 e. The second-order valence-electron chi connectivity index (χ2n) is 8.47. The quantitative estimate of drug-likeness (QED) is 0.337. The fraction of sp³-hybridized carbons (Fsp3) is 0.0968. The van der Waals surface area contributed by atoms with E-state index in [1.807, 2.05) is 0 Å². The summed E-state index contributed by atoms with van der Waals surface area (Å²) in [4.78, 5) is 0. The molecule has 0 amide bonds. The molecule has 0 fully saturated rings. The molecular weight excluding hydrogens is 534 g/mol. The number of allylic oxidation sites excluding steroid dienone is 2. The summed E-state index contributed by atoms with van der Waals surface area (Å²) < 4.78 is 0. The molecule has 4 aromatic rings. The summed E-state index contributed by atoms with van der Waals surface area (Å²) >= 11 is 0. The molecule has 2 aliphatic carbocycles. The van der Waals surface area contributed by atoms with Crippen molar-refractivity contribution >= 4 is 17.2 Å². The van der Waals surface area contributed by atoms with E-state index in [0.29, 0.717) is 5.92 Å². The molecule has 0 saturated heterocycles. The zero-order valence-electron chi connectivity index (χ0n) is 18.8. The van der Waals surface area contributed by atoms with Crippen molar-refractivity contribution in [2.45, 2.75) is 18.8 Å². The van der Waals surface area contributed by atoms with E-state index < -0.39 is 0 Å². The minimum absolute atomic E-state index is 0. The van der Waals surface area contributed by atoms with E-state index in [4.69, 9.17) is 0 Å². The molecule has 0 saturated carbocycles. The van der Waals surface area contributed by atoms with Gasteiger partial charge >= 0.3 is 26.2 Å². The normalized spacial score (nSPS) is 17.2. The Hall–Kier alpha value is -2.18. The Balaban J connectivity index is 0.00000108. The van der Waals surface area contributed by atoms with Crippen molar-refractivity contribution in [2.24, 2.45) is 0 Å². The SMILES string of the molecule is CC1C(c2ccccc2)=[C-]c2c1cccc2C1C(c2ccccc2)=Cc2ccccc21.[Cl-].[Cl-].[Zr+3]. The zero-order valence-corrected chi connectivity index (χ0v) is 22.8. The number of fused-ring (bicyclic) bond motifs is 2. The standard InChI is InChI=1S/C31H23.2ClH.Zr/c1-21-25-17-10-18-27(30(25)20-28(21)22-11-4-2-5-12-22)31-26-16-9-8-15-24(26)19-29(31)23-13-6-3-7-14-23;;;/h2-19,21,31H,1H3;2*1H;/q-1;;;+3/p-2. The predicted molar refractivity (Wildman–Crippen MR) is 130 cm³/mol. The van der Waals surface area contributed by atoms with Crippen molar-refractivity contribution in [1.29, 1.82) is 0 Å². The Morgan fingerprint density at radius 2 is 1.15 bits per heavy atom. The van der Waals surface area contributed by atoms with E-state index in [1.165, 1.54) is 50.1 Å². The molecule has 0 nitrogen and oxygen atoms in total. The van der Waals surface area contributed by atoms with Gasteiger partial charge in [0.15, 0.2) is 0 Å². The van der Waals surface area contributed by atoms with Gasteiger partial charge in [-0.05, 0) is 28.2 Å². The Labute approximate surface area is 233 Å². The molecule has 3 heteroatoms. The fourth-order valence-electron chi connectivity index (χ4n) is 5.21. The molecule has 4 aromatic carbocycles. The minimum atomic E-state index is 0. The molecule has 0 N–H and O–H groups in total. The van der Waals surface area contributed by atoms with Gasteiger partial charge in [0.2, 0.25) is 0 Å². The smallest absolute Gasteiger partial charge is 1.00 e. The molecule has 0 heterocycles. The van der Waals surface area contributed by atoms with Crippen molar-refractivity contribution in [1.82, 2.24) is 0 Å². The third-order valence-electron chi connectivity index (χ3n) is 6.72. The summed E-state index contributed by atoms with van der Waals surface area (Å²) in [5, 5.41) is 0. The third kappa shape index (κ3) is 4.43. The maximum absolute atomic E-state index is 3.84. The van der Waals surface area contributed by atoms with Crippen LogP contribution < -0.4 is 24.8 Å². The molecule has 0 bridgehead atoms. The average Bonchev–Trinajstić information content (AvgIpc) is 3.38. The van der Waals surface area contributed by atoms with Gasteiger partial charge in [-0.3, -0.25) is 0 Å². The Kier molecular flexibility index (Phi) is 8.58. The van der Waals surface area contributed by atoms with E-state index in [-0.39, 0.29) is 56.9 Å². The van der Waals surface area contributed by atoms with Crippen LogP contribution in [0.5, 0.6) is 0 Å². The van der Waals surface area contributed by atoms with Crippen molar-refractivity contribution in [3.05, 3.63) is 148 Å². The van der Waals surface area contributed by atoms with E-state index >= 15 is 0 Å². The number of benzene rings is 4. The van der Waals surface area contributed by atoms with Gasteiger partial charge in [0.05, 0.1) is 0 Å². The van der Waals surface area contributed by atoms with Crippen LogP contribution in [0, 0.1) is 6.08 Å². The maximum atomic E-state index is 3.84. The predicted octanol–water partition coefficient (Wildman–Crippen LogP) is 1.73. The summed E-state index contributed by atoms with van der Waals surface area (Å²) in [5.41, 5.74) is 11.9. The second kappa shape index (κ2) is 11.0. The molecule has 0 spiro atoms. The van der Waals surface area contributed by atoms with Gasteiger partial charge in [-0.15, -0.1) is 40.5 Å². The van der Waals surface area contributed by atoms with E-state index in [1.54, 1.807) is 0 Å². The van der Waals surface area contributed by atoms with Crippen molar-refractivity contribution in [2.75, 3.05) is 0 Å². The number of hydrogen-bond donors (Lipinski definition) is 0. The molecular formula is C31H23Cl2Zr. The van der Waals surface area contributed by atoms with Crippen LogP contribution in [0.25, 0.3) is 17.2 Å². The summed E-state index contributed by atoms with van der Waals surface area (Å²) in [6, 6.07) is 37.1. The summed E-state index contributed by atoms with van der Waals surface area (Å²) in [5.74, 6) is 0.571. The summed E-state index contributed by atoms with van der Waals surface area (Å²) in [7, 11) is 0. The monoisotopic (exact) mass is 555 g/mol. The van der Waals surface area contributed by atoms with Gasteiger partial charge in [-0.2, -0.15) is 0 Å². The molecule has 165 valence electrons. The van der Waals surface area contributed by atoms with Crippen LogP contribution in [0.15, 0.2) is 103 Å². The van der Waals surface area contributed by atoms with E-state index in [2.05, 4.69) is 122 Å². The second-order valence-corrected chi connectivity index (χ2v) is 8.47. The van der Waals surface area contributed by atoms with Crippen molar-refractivity contribution in [3.8, 4) is 0 Å². The largest absolute Gasteiger partial charge is 3.00 e. The first-order valence-corrected chi connectivity index (χ1v) is 11.0. The zero-order chi connectivity index (χ0) is 20.8. The fourth-order valence-corrected chi connectivity index (χ4v) is 5.21. The van der Waals surface area contributed by atoms with Gasteiger partial charge in [0, 0.05) is 5.92 Å². The van der Waals surface area contributed by atoms with E-state index in [9.17, 15) is 0 Å². The van der Waals surface area contributed by atoms with Gasteiger partial charge in [0.25, 0.3) is 0 Å².